The van der Waals surface area contributed by atoms with Crippen LogP contribution in [-0.2, 0) is 18.3 Å². The van der Waals surface area contributed by atoms with E-state index in [1.165, 1.54) is 0 Å². The molecule has 1 heterocycles. The van der Waals surface area contributed by atoms with Crippen molar-refractivity contribution in [3.8, 4) is 5.75 Å². The molecule has 25 heavy (non-hydrogen) atoms. The van der Waals surface area contributed by atoms with Crippen LogP contribution in [0.25, 0.3) is 0 Å². The minimum absolute atomic E-state index is 0.00381. The normalized spacial score (nSPS) is 16.4. The van der Waals surface area contributed by atoms with E-state index in [9.17, 15) is 13.6 Å². The Labute approximate surface area is 145 Å². The zero-order valence-electron chi connectivity index (χ0n) is 14.3. The molecule has 0 saturated carbocycles. The van der Waals surface area contributed by atoms with Gasteiger partial charge in [-0.15, -0.1) is 0 Å². The summed E-state index contributed by atoms with van der Waals surface area (Å²) in [6, 6.07) is 3.00. The minimum atomic E-state index is -0.644. The number of aromatic nitrogens is 2. The van der Waals surface area contributed by atoms with E-state index < -0.39 is 11.6 Å². The number of carbonyl (C=O) groups is 1. The van der Waals surface area contributed by atoms with Crippen molar-refractivity contribution in [2.45, 2.75) is 31.7 Å². The Hall–Kier alpha value is -2.44. The highest BCUT2D eigenvalue weighted by Crippen LogP contribution is 2.33. The molecular weight excluding hydrogens is 328 g/mol. The molecule has 0 fully saturated rings. The Morgan fingerprint density at radius 1 is 1.44 bits per heavy atom. The van der Waals surface area contributed by atoms with Gasteiger partial charge in [-0.25, -0.2) is 8.78 Å². The van der Waals surface area contributed by atoms with Gasteiger partial charge in [0.1, 0.15) is 5.82 Å². The van der Waals surface area contributed by atoms with E-state index in [-0.39, 0.29) is 30.7 Å². The number of ether oxygens (including phenoxy) is 1. The molecule has 0 saturated heterocycles. The lowest BCUT2D eigenvalue weighted by atomic mass is 9.92. The molecule has 0 N–H and O–H groups in total. The first-order valence-electron chi connectivity index (χ1n) is 8.31. The van der Waals surface area contributed by atoms with Crippen molar-refractivity contribution in [3.05, 3.63) is 47.3 Å². The molecule has 0 unspecified atom stereocenters. The van der Waals surface area contributed by atoms with Gasteiger partial charge in [0.05, 0.1) is 25.3 Å². The standard InChI is InChI=1S/C18H21F2N3O2/c1-22(15-4-3-5-16-13(15)11-21-23(16)2)18(24)8-9-25-17-10-12(19)6-7-14(17)20/h6-7,10-11,15H,3-5,8-9H2,1-2H3/t15-/m0/s1. The Kier molecular flexibility index (Phi) is 5.01. The molecule has 1 aromatic heterocycles. The second kappa shape index (κ2) is 7.21. The molecular formula is C18H21F2N3O2. The highest BCUT2D eigenvalue weighted by Gasteiger charge is 2.28. The number of carbonyl (C=O) groups excluding carboxylic acids is 1. The summed E-state index contributed by atoms with van der Waals surface area (Å²) in [6.45, 7) is -0.00381. The number of halogens is 2. The highest BCUT2D eigenvalue weighted by atomic mass is 19.1. The lowest BCUT2D eigenvalue weighted by Gasteiger charge is -2.31. The maximum Gasteiger partial charge on any atom is 0.226 e. The fourth-order valence-corrected chi connectivity index (χ4v) is 3.27. The monoisotopic (exact) mass is 349 g/mol. The van der Waals surface area contributed by atoms with Gasteiger partial charge in [-0.2, -0.15) is 5.10 Å². The lowest BCUT2D eigenvalue weighted by molar-refractivity contribution is -0.133. The molecule has 1 atom stereocenters. The fourth-order valence-electron chi connectivity index (χ4n) is 3.27. The molecule has 2 aromatic rings. The summed E-state index contributed by atoms with van der Waals surface area (Å²) in [5.74, 6) is -1.50. The number of amides is 1. The van der Waals surface area contributed by atoms with E-state index >= 15 is 0 Å². The zero-order valence-corrected chi connectivity index (χ0v) is 14.3. The molecule has 0 bridgehead atoms. The third-order valence-electron chi connectivity index (χ3n) is 4.67. The second-order valence-corrected chi connectivity index (χ2v) is 6.26. The van der Waals surface area contributed by atoms with Crippen molar-refractivity contribution < 1.29 is 18.3 Å². The summed E-state index contributed by atoms with van der Waals surface area (Å²) < 4.78 is 33.7. The molecule has 0 radical (unpaired) electrons. The lowest BCUT2D eigenvalue weighted by Crippen LogP contribution is -2.34. The van der Waals surface area contributed by atoms with Gasteiger partial charge in [-0.3, -0.25) is 9.48 Å². The van der Waals surface area contributed by atoms with Crippen LogP contribution in [0.2, 0.25) is 0 Å². The van der Waals surface area contributed by atoms with Crippen molar-refractivity contribution >= 4 is 5.91 Å². The van der Waals surface area contributed by atoms with E-state index in [2.05, 4.69) is 5.10 Å². The van der Waals surface area contributed by atoms with Crippen LogP contribution in [0.5, 0.6) is 5.75 Å². The first-order chi connectivity index (χ1) is 12.0. The topological polar surface area (TPSA) is 47.4 Å². The van der Waals surface area contributed by atoms with E-state index in [1.807, 2.05) is 17.9 Å². The van der Waals surface area contributed by atoms with Crippen LogP contribution in [-0.4, -0.2) is 34.2 Å². The van der Waals surface area contributed by atoms with Gasteiger partial charge in [-0.1, -0.05) is 0 Å². The maximum absolute atomic E-state index is 13.5. The van der Waals surface area contributed by atoms with Crippen molar-refractivity contribution in [3.63, 3.8) is 0 Å². The van der Waals surface area contributed by atoms with Crippen molar-refractivity contribution in [1.82, 2.24) is 14.7 Å². The number of hydrogen-bond acceptors (Lipinski definition) is 3. The summed E-state index contributed by atoms with van der Waals surface area (Å²) in [6.07, 6.45) is 4.77. The average Bonchev–Trinajstić information content (AvgIpc) is 2.98. The third kappa shape index (κ3) is 3.65. The van der Waals surface area contributed by atoms with Crippen molar-refractivity contribution in [1.29, 1.82) is 0 Å². The van der Waals surface area contributed by atoms with E-state index in [0.29, 0.717) is 0 Å². The quantitative estimate of drug-likeness (QED) is 0.834. The molecule has 3 rings (SSSR count). The van der Waals surface area contributed by atoms with E-state index in [4.69, 9.17) is 4.74 Å². The highest BCUT2D eigenvalue weighted by molar-refractivity contribution is 5.76. The van der Waals surface area contributed by atoms with Crippen LogP contribution in [0.15, 0.2) is 24.4 Å². The Bertz CT molecular complexity index is 776. The first-order valence-corrected chi connectivity index (χ1v) is 8.31. The number of hydrogen-bond donors (Lipinski definition) is 0. The van der Waals surface area contributed by atoms with Gasteiger partial charge in [0.15, 0.2) is 11.6 Å². The van der Waals surface area contributed by atoms with E-state index in [0.717, 1.165) is 48.7 Å². The predicted octanol–water partition coefficient (Wildman–Crippen LogP) is 3.00. The average molecular weight is 349 g/mol. The van der Waals surface area contributed by atoms with Gasteiger partial charge in [-0.05, 0) is 31.4 Å². The van der Waals surface area contributed by atoms with Gasteiger partial charge in [0, 0.05) is 31.4 Å². The number of aryl methyl sites for hydroxylation is 1. The molecule has 7 heteroatoms. The predicted molar refractivity (Wildman–Crippen MR) is 88.1 cm³/mol. The minimum Gasteiger partial charge on any atom is -0.490 e. The molecule has 1 amide bonds. The summed E-state index contributed by atoms with van der Waals surface area (Å²) in [5.41, 5.74) is 2.25. The molecule has 1 aliphatic carbocycles. The Morgan fingerprint density at radius 3 is 3.04 bits per heavy atom. The molecule has 0 spiro atoms. The van der Waals surface area contributed by atoms with Crippen molar-refractivity contribution in [2.75, 3.05) is 13.7 Å². The van der Waals surface area contributed by atoms with Crippen LogP contribution in [0.3, 0.4) is 0 Å². The summed E-state index contributed by atoms with van der Waals surface area (Å²) in [4.78, 5) is 14.2. The summed E-state index contributed by atoms with van der Waals surface area (Å²) in [5, 5.41) is 4.29. The molecule has 1 aliphatic rings. The van der Waals surface area contributed by atoms with Crippen LogP contribution in [0.4, 0.5) is 8.78 Å². The number of benzene rings is 1. The number of fused-ring (bicyclic) bond motifs is 1. The summed E-state index contributed by atoms with van der Waals surface area (Å²) in [7, 11) is 3.67. The summed E-state index contributed by atoms with van der Waals surface area (Å²) >= 11 is 0. The molecule has 1 aromatic carbocycles. The SMILES string of the molecule is CN(C(=O)CCOc1cc(F)ccc1F)[C@H]1CCCc2c1cnn2C. The van der Waals surface area contributed by atoms with Gasteiger partial charge in [0.2, 0.25) is 5.91 Å². The van der Waals surface area contributed by atoms with Crippen LogP contribution in [0, 0.1) is 11.6 Å². The Morgan fingerprint density at radius 2 is 2.24 bits per heavy atom. The zero-order chi connectivity index (χ0) is 18.0. The van der Waals surface area contributed by atoms with Gasteiger partial charge < -0.3 is 9.64 Å². The van der Waals surface area contributed by atoms with Crippen LogP contribution in [0.1, 0.15) is 36.6 Å². The first kappa shape index (κ1) is 17.4. The molecule has 134 valence electrons. The van der Waals surface area contributed by atoms with Gasteiger partial charge in [0.25, 0.3) is 0 Å². The Balaban J connectivity index is 1.59. The smallest absolute Gasteiger partial charge is 0.226 e. The molecule has 0 aliphatic heterocycles. The van der Waals surface area contributed by atoms with Crippen molar-refractivity contribution in [2.24, 2.45) is 7.05 Å². The molecule has 5 nitrogen and oxygen atoms in total. The van der Waals surface area contributed by atoms with E-state index in [1.54, 1.807) is 11.9 Å². The van der Waals surface area contributed by atoms with Crippen LogP contribution < -0.4 is 4.74 Å². The van der Waals surface area contributed by atoms with Gasteiger partial charge >= 0.3 is 0 Å². The number of rotatable bonds is 5. The maximum atomic E-state index is 13.5. The number of nitrogens with zero attached hydrogens (tertiary/aromatic N) is 3. The van der Waals surface area contributed by atoms with Crippen LogP contribution >= 0.6 is 0 Å². The second-order valence-electron chi connectivity index (χ2n) is 6.26. The largest absolute Gasteiger partial charge is 0.490 e. The fraction of sp³-hybridized carbons (Fsp3) is 0.444. The third-order valence-corrected chi connectivity index (χ3v) is 4.67.